The summed E-state index contributed by atoms with van der Waals surface area (Å²) in [5, 5.41) is 14.7. The number of nitrogens with two attached hydrogens (primary N) is 4. The van der Waals surface area contributed by atoms with E-state index in [1.54, 1.807) is 50.6 Å². The monoisotopic (exact) mass is 456 g/mol. The molecule has 0 fully saturated rings. The van der Waals surface area contributed by atoms with Crippen LogP contribution < -0.4 is 41.9 Å². The lowest BCUT2D eigenvalue weighted by atomic mass is 10.2. The lowest BCUT2D eigenvalue weighted by Crippen LogP contribution is -2.21. The van der Waals surface area contributed by atoms with Crippen molar-refractivity contribution in [3.63, 3.8) is 0 Å². The molecule has 0 aliphatic heterocycles. The van der Waals surface area contributed by atoms with Gasteiger partial charge in [-0.25, -0.2) is 0 Å². The maximum absolute atomic E-state index is 5.85. The number of methoxy groups -OCH3 is 2. The molecular formula is C21H28N8O4. The molecular weight excluding hydrogens is 428 g/mol. The third-order valence-corrected chi connectivity index (χ3v) is 3.94. The molecule has 0 aliphatic rings. The van der Waals surface area contributed by atoms with Crippen LogP contribution in [0.3, 0.4) is 0 Å². The summed E-state index contributed by atoms with van der Waals surface area (Å²) in [7, 11) is 3.13. The molecule has 12 nitrogen and oxygen atoms in total. The van der Waals surface area contributed by atoms with Crippen molar-refractivity contribution in [2.45, 2.75) is 6.42 Å². The van der Waals surface area contributed by atoms with Crippen molar-refractivity contribution in [3.8, 4) is 23.0 Å². The first-order valence-corrected chi connectivity index (χ1v) is 9.78. The molecule has 0 amide bonds. The van der Waals surface area contributed by atoms with E-state index in [1.165, 1.54) is 12.4 Å². The van der Waals surface area contributed by atoms with Crippen LogP contribution in [-0.4, -0.2) is 51.8 Å². The molecule has 2 rings (SSSR count). The van der Waals surface area contributed by atoms with Crippen LogP contribution in [-0.2, 0) is 0 Å². The van der Waals surface area contributed by atoms with Crippen LogP contribution in [0.1, 0.15) is 17.5 Å². The minimum Gasteiger partial charge on any atom is -0.493 e. The number of benzene rings is 2. The Balaban J connectivity index is 1.94. The number of ether oxygens (including phenoxy) is 4. The fraction of sp³-hybridized carbons (Fsp3) is 0.238. The third-order valence-electron chi connectivity index (χ3n) is 3.94. The van der Waals surface area contributed by atoms with Gasteiger partial charge in [0.25, 0.3) is 0 Å². The van der Waals surface area contributed by atoms with E-state index in [2.05, 4.69) is 20.4 Å². The first-order chi connectivity index (χ1) is 15.9. The van der Waals surface area contributed by atoms with Crippen LogP contribution in [0, 0.1) is 0 Å². The molecule has 0 atom stereocenters. The highest BCUT2D eigenvalue weighted by atomic mass is 16.5. The van der Waals surface area contributed by atoms with Gasteiger partial charge < -0.3 is 41.9 Å². The van der Waals surface area contributed by atoms with Crippen LogP contribution in [0.5, 0.6) is 23.0 Å². The Bertz CT molecular complexity index is 947. The maximum atomic E-state index is 5.85. The molecule has 0 radical (unpaired) electrons. The van der Waals surface area contributed by atoms with Gasteiger partial charge >= 0.3 is 0 Å². The highest BCUT2D eigenvalue weighted by molar-refractivity contribution is 5.83. The molecule has 0 aliphatic carbocycles. The lowest BCUT2D eigenvalue weighted by Gasteiger charge is -2.13. The average Bonchev–Trinajstić information content (AvgIpc) is 2.78. The highest BCUT2D eigenvalue weighted by Crippen LogP contribution is 2.29. The van der Waals surface area contributed by atoms with Crippen LogP contribution in [0.15, 0.2) is 56.8 Å². The second-order valence-electron chi connectivity index (χ2n) is 6.41. The summed E-state index contributed by atoms with van der Waals surface area (Å²) in [4.78, 5) is 0. The van der Waals surface area contributed by atoms with Gasteiger partial charge in [0.2, 0.25) is 11.9 Å². The van der Waals surface area contributed by atoms with Crippen LogP contribution >= 0.6 is 0 Å². The minimum atomic E-state index is -0.126. The van der Waals surface area contributed by atoms with E-state index in [-0.39, 0.29) is 11.9 Å². The summed E-state index contributed by atoms with van der Waals surface area (Å²) in [6.45, 7) is 0.775. The van der Waals surface area contributed by atoms with Gasteiger partial charge in [-0.2, -0.15) is 10.2 Å². The van der Waals surface area contributed by atoms with Gasteiger partial charge in [0.15, 0.2) is 23.0 Å². The predicted octanol–water partition coefficient (Wildman–Crippen LogP) is 0.766. The van der Waals surface area contributed by atoms with Crippen molar-refractivity contribution in [2.24, 2.45) is 43.3 Å². The standard InChI is InChI=1S/C21H28N8O4/c1-30-16-6-4-14(12-26-28-20(22)23)10-18(16)32-8-3-9-33-19-11-15(5-7-17(19)31-2)13-27-29-21(24)25/h4-7,10-13H,3,8-9H2,1-2H3,(H4,22,23,28)(H4,24,25,29)/b26-12+,27-13+. The van der Waals surface area contributed by atoms with Crippen molar-refractivity contribution in [1.29, 1.82) is 0 Å². The molecule has 8 N–H and O–H groups in total. The summed E-state index contributed by atoms with van der Waals surface area (Å²) in [6.07, 6.45) is 3.61. The number of hydrogen-bond acceptors (Lipinski definition) is 8. The number of nitrogens with zero attached hydrogens (tertiary/aromatic N) is 4. The Kier molecular flexibility index (Phi) is 9.80. The molecule has 176 valence electrons. The van der Waals surface area contributed by atoms with Crippen molar-refractivity contribution in [3.05, 3.63) is 47.5 Å². The Labute approximate surface area is 191 Å². The summed E-state index contributed by atoms with van der Waals surface area (Å²) >= 11 is 0. The fourth-order valence-electron chi connectivity index (χ4n) is 2.52. The van der Waals surface area contributed by atoms with Crippen LogP contribution in [0.4, 0.5) is 0 Å². The molecule has 33 heavy (non-hydrogen) atoms. The molecule has 2 aromatic rings. The fourth-order valence-corrected chi connectivity index (χ4v) is 2.52. The summed E-state index contributed by atoms with van der Waals surface area (Å²) < 4.78 is 22.4. The Morgan fingerprint density at radius 3 is 1.48 bits per heavy atom. The van der Waals surface area contributed by atoms with E-state index < -0.39 is 0 Å². The molecule has 0 heterocycles. The van der Waals surface area contributed by atoms with Crippen LogP contribution in [0.25, 0.3) is 0 Å². The molecule has 0 saturated heterocycles. The van der Waals surface area contributed by atoms with Gasteiger partial charge in [0.05, 0.1) is 39.9 Å². The van der Waals surface area contributed by atoms with Gasteiger partial charge in [0.1, 0.15) is 0 Å². The molecule has 0 unspecified atom stereocenters. The molecule has 2 aromatic carbocycles. The van der Waals surface area contributed by atoms with Crippen molar-refractivity contribution in [2.75, 3.05) is 27.4 Å². The average molecular weight is 457 g/mol. The van der Waals surface area contributed by atoms with Gasteiger partial charge in [-0.05, 0) is 47.5 Å². The molecule has 0 saturated carbocycles. The van der Waals surface area contributed by atoms with Gasteiger partial charge in [0, 0.05) is 6.42 Å². The minimum absolute atomic E-state index is 0.126. The van der Waals surface area contributed by atoms with Gasteiger partial charge in [-0.15, -0.1) is 10.2 Å². The second kappa shape index (κ2) is 13.0. The predicted molar refractivity (Wildman–Crippen MR) is 128 cm³/mol. The van der Waals surface area contributed by atoms with Gasteiger partial charge in [-0.1, -0.05) is 0 Å². The molecule has 12 heteroatoms. The number of guanidine groups is 2. The zero-order valence-electron chi connectivity index (χ0n) is 18.5. The van der Waals surface area contributed by atoms with Crippen molar-refractivity contribution in [1.82, 2.24) is 0 Å². The number of hydrogen-bond donors (Lipinski definition) is 4. The molecule has 0 spiro atoms. The highest BCUT2D eigenvalue weighted by Gasteiger charge is 2.07. The summed E-state index contributed by atoms with van der Waals surface area (Å²) in [6, 6.07) is 10.7. The van der Waals surface area contributed by atoms with Crippen molar-refractivity contribution < 1.29 is 18.9 Å². The third kappa shape index (κ3) is 8.65. The van der Waals surface area contributed by atoms with E-state index in [1.807, 2.05) is 0 Å². The van der Waals surface area contributed by atoms with Gasteiger partial charge in [-0.3, -0.25) is 0 Å². The molecule has 0 bridgehead atoms. The van der Waals surface area contributed by atoms with E-state index in [0.717, 1.165) is 11.1 Å². The Morgan fingerprint density at radius 1 is 0.697 bits per heavy atom. The summed E-state index contributed by atoms with van der Waals surface area (Å²) in [5.41, 5.74) is 22.5. The van der Waals surface area contributed by atoms with E-state index in [9.17, 15) is 0 Å². The van der Waals surface area contributed by atoms with E-state index in [4.69, 9.17) is 41.9 Å². The largest absolute Gasteiger partial charge is 0.493 e. The Hall–Kier alpha value is -4.48. The van der Waals surface area contributed by atoms with Crippen LogP contribution in [0.2, 0.25) is 0 Å². The zero-order chi connectivity index (χ0) is 24.1. The van der Waals surface area contributed by atoms with Crippen molar-refractivity contribution >= 4 is 24.3 Å². The maximum Gasteiger partial charge on any atom is 0.211 e. The topological polar surface area (TPSA) is 190 Å². The SMILES string of the molecule is COc1ccc(/C=N/N=C(N)N)cc1OCCCOc1cc(/C=N/N=C(N)N)ccc1OC. The lowest BCUT2D eigenvalue weighted by molar-refractivity contribution is 0.234. The smallest absolute Gasteiger partial charge is 0.211 e. The normalized spacial score (nSPS) is 10.7. The first-order valence-electron chi connectivity index (χ1n) is 9.78. The summed E-state index contributed by atoms with van der Waals surface area (Å²) in [5.74, 6) is 2.04. The van der Waals surface area contributed by atoms with E-state index in [0.29, 0.717) is 42.6 Å². The molecule has 0 aromatic heterocycles. The zero-order valence-corrected chi connectivity index (χ0v) is 18.5. The first kappa shape index (κ1) is 24.8. The van der Waals surface area contributed by atoms with E-state index >= 15 is 0 Å². The quantitative estimate of drug-likeness (QED) is 0.156. The Morgan fingerprint density at radius 2 is 1.12 bits per heavy atom. The number of rotatable bonds is 12. The second-order valence-corrected chi connectivity index (χ2v) is 6.41.